The van der Waals surface area contributed by atoms with Gasteiger partial charge in [-0.3, -0.25) is 4.79 Å². The molecule has 0 saturated heterocycles. The summed E-state index contributed by atoms with van der Waals surface area (Å²) in [6, 6.07) is 12.6. The van der Waals surface area contributed by atoms with Crippen LogP contribution in [0.3, 0.4) is 0 Å². The van der Waals surface area contributed by atoms with E-state index < -0.39 is 11.9 Å². The Labute approximate surface area is 160 Å². The van der Waals surface area contributed by atoms with Gasteiger partial charge >= 0.3 is 5.97 Å². The first-order chi connectivity index (χ1) is 13.1. The number of benzene rings is 2. The Morgan fingerprint density at radius 2 is 1.96 bits per heavy atom. The lowest BCUT2D eigenvalue weighted by Gasteiger charge is -2.04. The zero-order valence-corrected chi connectivity index (χ0v) is 15.9. The van der Waals surface area contributed by atoms with Crippen LogP contribution in [0, 0.1) is 12.3 Å². The minimum absolute atomic E-state index is 0.187. The monoisotopic (exact) mass is 378 g/mol. The van der Waals surface area contributed by atoms with Crippen molar-refractivity contribution in [1.82, 2.24) is 4.57 Å². The highest BCUT2D eigenvalue weighted by molar-refractivity contribution is 7.16. The number of amides is 1. The molecule has 3 aromatic rings. The molecule has 1 aromatic heterocycles. The van der Waals surface area contributed by atoms with Crippen LogP contribution in [0.2, 0.25) is 0 Å². The fraction of sp³-hybridized carbons (Fsp3) is 0.190. The molecule has 1 amide bonds. The van der Waals surface area contributed by atoms with Crippen molar-refractivity contribution in [3.05, 3.63) is 64.0 Å². The Morgan fingerprint density at radius 3 is 2.63 bits per heavy atom. The first kappa shape index (κ1) is 18.6. The van der Waals surface area contributed by atoms with Gasteiger partial charge in [-0.1, -0.05) is 42.4 Å². The molecule has 0 spiro atoms. The van der Waals surface area contributed by atoms with Crippen molar-refractivity contribution in [3.63, 3.8) is 0 Å². The summed E-state index contributed by atoms with van der Waals surface area (Å²) >= 11 is 1.40. The fourth-order valence-electron chi connectivity index (χ4n) is 2.77. The van der Waals surface area contributed by atoms with E-state index in [1.165, 1.54) is 24.0 Å². The molecular weight excluding hydrogens is 360 g/mol. The van der Waals surface area contributed by atoms with Crippen LogP contribution in [-0.4, -0.2) is 23.6 Å². The standard InChI is InChI=1S/C21H18N2O3S/c1-4-12-23-17-11-10-14(5-2)13-18(17)27-21(23)22-19(24)15-8-6-7-9-16(15)20(25)26-3/h1,6-11,13H,5,12H2,2-3H3. The van der Waals surface area contributed by atoms with Gasteiger partial charge in [-0.25, -0.2) is 4.79 Å². The quantitative estimate of drug-likeness (QED) is 0.516. The number of hydrogen-bond acceptors (Lipinski definition) is 4. The Morgan fingerprint density at radius 1 is 1.22 bits per heavy atom. The molecule has 1 heterocycles. The van der Waals surface area contributed by atoms with Gasteiger partial charge in [0.1, 0.15) is 0 Å². The highest BCUT2D eigenvalue weighted by Crippen LogP contribution is 2.20. The highest BCUT2D eigenvalue weighted by atomic mass is 32.1. The number of fused-ring (bicyclic) bond motifs is 1. The van der Waals surface area contributed by atoms with Gasteiger partial charge in [-0.05, 0) is 36.2 Å². The van der Waals surface area contributed by atoms with Crippen LogP contribution < -0.4 is 4.80 Å². The maximum absolute atomic E-state index is 12.8. The zero-order valence-electron chi connectivity index (χ0n) is 15.1. The van der Waals surface area contributed by atoms with Crippen molar-refractivity contribution in [1.29, 1.82) is 0 Å². The topological polar surface area (TPSA) is 60.7 Å². The molecular formula is C21H18N2O3S. The molecule has 27 heavy (non-hydrogen) atoms. The second-order valence-electron chi connectivity index (χ2n) is 5.78. The first-order valence-electron chi connectivity index (χ1n) is 8.41. The van der Waals surface area contributed by atoms with E-state index in [9.17, 15) is 9.59 Å². The number of aromatic nitrogens is 1. The molecule has 3 rings (SSSR count). The van der Waals surface area contributed by atoms with Gasteiger partial charge in [-0.2, -0.15) is 4.99 Å². The van der Waals surface area contributed by atoms with Crippen molar-refractivity contribution < 1.29 is 14.3 Å². The normalized spacial score (nSPS) is 11.4. The van der Waals surface area contributed by atoms with Crippen LogP contribution in [0.25, 0.3) is 10.2 Å². The summed E-state index contributed by atoms with van der Waals surface area (Å²) in [5.41, 5.74) is 2.52. The number of rotatable bonds is 4. The molecule has 2 aromatic carbocycles. The Bertz CT molecular complexity index is 1130. The number of carbonyl (C=O) groups is 2. The summed E-state index contributed by atoms with van der Waals surface area (Å²) in [5.74, 6) is 1.52. The smallest absolute Gasteiger partial charge is 0.338 e. The molecule has 0 aliphatic heterocycles. The van der Waals surface area contributed by atoms with Gasteiger partial charge in [0.15, 0.2) is 4.80 Å². The number of ether oxygens (including phenoxy) is 1. The number of esters is 1. The van der Waals surface area contributed by atoms with E-state index in [2.05, 4.69) is 23.9 Å². The largest absolute Gasteiger partial charge is 0.465 e. The summed E-state index contributed by atoms with van der Waals surface area (Å²) in [6.45, 7) is 2.39. The maximum atomic E-state index is 12.8. The molecule has 6 heteroatoms. The van der Waals surface area contributed by atoms with Gasteiger partial charge in [0.05, 0.1) is 35.0 Å². The van der Waals surface area contributed by atoms with E-state index in [1.807, 2.05) is 16.7 Å². The number of hydrogen-bond donors (Lipinski definition) is 0. The molecule has 0 aliphatic rings. The third-order valence-electron chi connectivity index (χ3n) is 4.16. The second kappa shape index (κ2) is 8.02. The molecule has 136 valence electrons. The minimum atomic E-state index is -0.574. The molecule has 0 aliphatic carbocycles. The number of thiazole rings is 1. The maximum Gasteiger partial charge on any atom is 0.338 e. The van der Waals surface area contributed by atoms with Crippen molar-refractivity contribution in [2.24, 2.45) is 4.99 Å². The van der Waals surface area contributed by atoms with Crippen LogP contribution in [0.1, 0.15) is 33.2 Å². The first-order valence-corrected chi connectivity index (χ1v) is 9.22. The van der Waals surface area contributed by atoms with Crippen LogP contribution >= 0.6 is 11.3 Å². The lowest BCUT2D eigenvalue weighted by molar-refractivity contribution is 0.0597. The van der Waals surface area contributed by atoms with Crippen molar-refractivity contribution >= 4 is 33.4 Å². The van der Waals surface area contributed by atoms with E-state index in [1.54, 1.807) is 24.3 Å². The van der Waals surface area contributed by atoms with E-state index >= 15 is 0 Å². The number of aryl methyl sites for hydroxylation is 1. The van der Waals surface area contributed by atoms with Gasteiger partial charge < -0.3 is 9.30 Å². The molecule has 0 fully saturated rings. The lowest BCUT2D eigenvalue weighted by atomic mass is 10.1. The van der Waals surface area contributed by atoms with Gasteiger partial charge in [0, 0.05) is 0 Å². The minimum Gasteiger partial charge on any atom is -0.465 e. The number of methoxy groups -OCH3 is 1. The van der Waals surface area contributed by atoms with E-state index in [4.69, 9.17) is 11.2 Å². The average Bonchev–Trinajstić information content (AvgIpc) is 3.03. The Balaban J connectivity index is 2.16. The van der Waals surface area contributed by atoms with Crippen LogP contribution in [0.4, 0.5) is 0 Å². The van der Waals surface area contributed by atoms with E-state index in [0.29, 0.717) is 11.3 Å². The Hall–Kier alpha value is -3.17. The molecule has 0 N–H and O–H groups in total. The summed E-state index contributed by atoms with van der Waals surface area (Å²) in [5, 5.41) is 0. The summed E-state index contributed by atoms with van der Waals surface area (Å²) in [6.07, 6.45) is 6.42. The predicted molar refractivity (Wildman–Crippen MR) is 106 cm³/mol. The van der Waals surface area contributed by atoms with Crippen molar-refractivity contribution in [2.75, 3.05) is 7.11 Å². The van der Waals surface area contributed by atoms with Gasteiger partial charge in [0.25, 0.3) is 5.91 Å². The summed E-state index contributed by atoms with van der Waals surface area (Å²) in [4.78, 5) is 29.5. The van der Waals surface area contributed by atoms with Crippen molar-refractivity contribution in [3.8, 4) is 12.3 Å². The van der Waals surface area contributed by atoms with Crippen LogP contribution in [0.15, 0.2) is 47.5 Å². The Kier molecular flexibility index (Phi) is 5.53. The van der Waals surface area contributed by atoms with Gasteiger partial charge in [-0.15, -0.1) is 6.42 Å². The fourth-order valence-corrected chi connectivity index (χ4v) is 3.86. The van der Waals surface area contributed by atoms with E-state index in [0.717, 1.165) is 16.6 Å². The number of nitrogens with zero attached hydrogens (tertiary/aromatic N) is 2. The van der Waals surface area contributed by atoms with Crippen LogP contribution in [-0.2, 0) is 17.7 Å². The second-order valence-corrected chi connectivity index (χ2v) is 6.79. The lowest BCUT2D eigenvalue weighted by Crippen LogP contribution is -2.17. The molecule has 0 atom stereocenters. The average molecular weight is 378 g/mol. The van der Waals surface area contributed by atoms with Crippen LogP contribution in [0.5, 0.6) is 0 Å². The number of terminal acetylenes is 1. The third kappa shape index (κ3) is 3.69. The molecule has 0 radical (unpaired) electrons. The molecule has 0 unspecified atom stereocenters. The summed E-state index contributed by atoms with van der Waals surface area (Å²) in [7, 11) is 1.28. The SMILES string of the molecule is C#CCn1c(=NC(=O)c2ccccc2C(=O)OC)sc2cc(CC)ccc21. The number of carbonyl (C=O) groups excluding carboxylic acids is 2. The van der Waals surface area contributed by atoms with Gasteiger partial charge in [0.2, 0.25) is 0 Å². The molecule has 0 saturated carbocycles. The molecule has 0 bridgehead atoms. The highest BCUT2D eigenvalue weighted by Gasteiger charge is 2.17. The third-order valence-corrected chi connectivity index (χ3v) is 5.21. The van der Waals surface area contributed by atoms with Crippen molar-refractivity contribution in [2.45, 2.75) is 19.9 Å². The van der Waals surface area contributed by atoms with E-state index in [-0.39, 0.29) is 11.1 Å². The molecule has 5 nitrogen and oxygen atoms in total. The summed E-state index contributed by atoms with van der Waals surface area (Å²) < 4.78 is 7.59. The zero-order chi connectivity index (χ0) is 19.4. The predicted octanol–water partition coefficient (Wildman–Crippen LogP) is 3.43.